The van der Waals surface area contributed by atoms with Crippen molar-refractivity contribution in [3.63, 3.8) is 0 Å². The van der Waals surface area contributed by atoms with Crippen LogP contribution in [0.25, 0.3) is 0 Å². The molecule has 0 N–H and O–H groups in total. The SMILES string of the molecule is CC1CCC(C2CCC(OCCCC3CCC(C=C(F)F)CC3)OC2)CC1. The fraction of sp³-hybridized carbons (Fsp3) is 0.913. The molecule has 2 atom stereocenters. The summed E-state index contributed by atoms with van der Waals surface area (Å²) in [5.74, 6) is 3.32. The molecule has 4 heteroatoms. The van der Waals surface area contributed by atoms with Gasteiger partial charge < -0.3 is 9.47 Å². The molecule has 0 bridgehead atoms. The summed E-state index contributed by atoms with van der Waals surface area (Å²) in [6.45, 7) is 4.03. The van der Waals surface area contributed by atoms with Gasteiger partial charge in [0.15, 0.2) is 6.29 Å². The van der Waals surface area contributed by atoms with Gasteiger partial charge in [0.25, 0.3) is 6.08 Å². The first-order chi connectivity index (χ1) is 13.1. The van der Waals surface area contributed by atoms with Crippen molar-refractivity contribution in [2.75, 3.05) is 13.2 Å². The molecule has 3 rings (SSSR count). The third-order valence-corrected chi connectivity index (χ3v) is 7.31. The van der Waals surface area contributed by atoms with E-state index in [1.54, 1.807) is 0 Å². The highest BCUT2D eigenvalue weighted by Gasteiger charge is 2.30. The van der Waals surface area contributed by atoms with Gasteiger partial charge in [0.1, 0.15) is 0 Å². The van der Waals surface area contributed by atoms with E-state index in [4.69, 9.17) is 9.47 Å². The molecule has 1 aliphatic heterocycles. The molecule has 0 spiro atoms. The Hall–Kier alpha value is -0.480. The Bertz CT molecular complexity index is 439. The van der Waals surface area contributed by atoms with Crippen molar-refractivity contribution in [2.45, 2.75) is 90.3 Å². The van der Waals surface area contributed by atoms with E-state index in [2.05, 4.69) is 6.92 Å². The van der Waals surface area contributed by atoms with E-state index < -0.39 is 6.08 Å². The summed E-state index contributed by atoms with van der Waals surface area (Å²) in [4.78, 5) is 0. The standard InChI is InChI=1S/C23H38F2O2/c1-17-4-10-20(11-5-17)21-12-13-23(27-16-21)26-14-2-3-18-6-8-19(9-7-18)15-22(24)25/h15,17-21,23H,2-14,16H2,1H3. The van der Waals surface area contributed by atoms with Crippen LogP contribution in [-0.2, 0) is 9.47 Å². The second-order valence-corrected chi connectivity index (χ2v) is 9.37. The van der Waals surface area contributed by atoms with Crippen molar-refractivity contribution in [3.05, 3.63) is 12.2 Å². The fourth-order valence-electron chi connectivity index (χ4n) is 5.42. The Morgan fingerprint density at radius 3 is 2.26 bits per heavy atom. The summed E-state index contributed by atoms with van der Waals surface area (Å²) in [7, 11) is 0. The van der Waals surface area contributed by atoms with E-state index in [0.29, 0.717) is 5.92 Å². The molecule has 0 aromatic rings. The third kappa shape index (κ3) is 7.12. The zero-order chi connectivity index (χ0) is 19.1. The normalized spacial score (nSPS) is 37.7. The molecule has 3 aliphatic rings. The Morgan fingerprint density at radius 2 is 1.63 bits per heavy atom. The molecule has 2 nitrogen and oxygen atoms in total. The lowest BCUT2D eigenvalue weighted by Gasteiger charge is -2.37. The fourth-order valence-corrected chi connectivity index (χ4v) is 5.42. The van der Waals surface area contributed by atoms with Crippen LogP contribution in [0.5, 0.6) is 0 Å². The predicted octanol–water partition coefficient (Wildman–Crippen LogP) is 6.95. The van der Waals surface area contributed by atoms with Crippen LogP contribution in [-0.4, -0.2) is 19.5 Å². The molecule has 0 aromatic carbocycles. The molecule has 27 heavy (non-hydrogen) atoms. The Balaban J connectivity index is 1.22. The molecule has 0 radical (unpaired) electrons. The second-order valence-electron chi connectivity index (χ2n) is 9.37. The number of hydrogen-bond donors (Lipinski definition) is 0. The van der Waals surface area contributed by atoms with Crippen LogP contribution in [0.2, 0.25) is 0 Å². The smallest absolute Gasteiger partial charge is 0.266 e. The Kier molecular flexibility index (Phi) is 8.57. The molecule has 2 saturated carbocycles. The highest BCUT2D eigenvalue weighted by atomic mass is 19.3. The number of ether oxygens (including phenoxy) is 2. The number of allylic oxidation sites excluding steroid dienone is 1. The van der Waals surface area contributed by atoms with Gasteiger partial charge in [-0.25, -0.2) is 0 Å². The summed E-state index contributed by atoms with van der Waals surface area (Å²) in [5.41, 5.74) is 0. The number of rotatable bonds is 7. The van der Waals surface area contributed by atoms with Crippen molar-refractivity contribution in [2.24, 2.45) is 29.6 Å². The first kappa shape index (κ1) is 21.2. The van der Waals surface area contributed by atoms with Crippen molar-refractivity contribution in [1.82, 2.24) is 0 Å². The summed E-state index contributed by atoms with van der Waals surface area (Å²) in [5, 5.41) is 0. The van der Waals surface area contributed by atoms with E-state index in [1.807, 2.05) is 0 Å². The monoisotopic (exact) mass is 384 g/mol. The highest BCUT2D eigenvalue weighted by molar-refractivity contribution is 4.90. The van der Waals surface area contributed by atoms with E-state index in [1.165, 1.54) is 32.1 Å². The zero-order valence-electron chi connectivity index (χ0n) is 17.0. The van der Waals surface area contributed by atoms with Crippen molar-refractivity contribution in [3.8, 4) is 0 Å². The molecule has 0 aromatic heterocycles. The van der Waals surface area contributed by atoms with Gasteiger partial charge in [-0.1, -0.05) is 19.8 Å². The molecule has 2 aliphatic carbocycles. The minimum Gasteiger partial charge on any atom is -0.353 e. The molecule has 3 fully saturated rings. The van der Waals surface area contributed by atoms with E-state index in [-0.39, 0.29) is 12.2 Å². The lowest BCUT2D eigenvalue weighted by molar-refractivity contribution is -0.182. The van der Waals surface area contributed by atoms with E-state index >= 15 is 0 Å². The lowest BCUT2D eigenvalue weighted by atomic mass is 9.74. The molecule has 1 heterocycles. The summed E-state index contributed by atoms with van der Waals surface area (Å²) >= 11 is 0. The molecular weight excluding hydrogens is 346 g/mol. The average molecular weight is 385 g/mol. The van der Waals surface area contributed by atoms with E-state index in [9.17, 15) is 8.78 Å². The van der Waals surface area contributed by atoms with Crippen LogP contribution in [0, 0.1) is 29.6 Å². The topological polar surface area (TPSA) is 18.5 Å². The van der Waals surface area contributed by atoms with Gasteiger partial charge >= 0.3 is 0 Å². The van der Waals surface area contributed by atoms with E-state index in [0.717, 1.165) is 82.0 Å². The molecular formula is C23H38F2O2. The van der Waals surface area contributed by atoms with Crippen LogP contribution in [0.1, 0.15) is 84.0 Å². The molecule has 0 amide bonds. The van der Waals surface area contributed by atoms with Gasteiger partial charge in [0, 0.05) is 6.61 Å². The zero-order valence-corrected chi connectivity index (χ0v) is 17.0. The maximum absolute atomic E-state index is 12.3. The summed E-state index contributed by atoms with van der Waals surface area (Å²) < 4.78 is 36.6. The second kappa shape index (κ2) is 10.9. The minimum atomic E-state index is -1.51. The summed E-state index contributed by atoms with van der Waals surface area (Å²) in [6, 6.07) is 0. The Labute approximate surface area is 164 Å². The van der Waals surface area contributed by atoms with Crippen molar-refractivity contribution >= 4 is 0 Å². The van der Waals surface area contributed by atoms with Crippen LogP contribution in [0.15, 0.2) is 12.2 Å². The third-order valence-electron chi connectivity index (χ3n) is 7.31. The van der Waals surface area contributed by atoms with Crippen molar-refractivity contribution in [1.29, 1.82) is 0 Å². The Morgan fingerprint density at radius 1 is 0.926 bits per heavy atom. The van der Waals surface area contributed by atoms with Gasteiger partial charge in [-0.2, -0.15) is 8.78 Å². The van der Waals surface area contributed by atoms with Crippen LogP contribution in [0.4, 0.5) is 8.78 Å². The lowest BCUT2D eigenvalue weighted by Crippen LogP contribution is -2.33. The number of hydrogen-bond acceptors (Lipinski definition) is 2. The molecule has 2 unspecified atom stereocenters. The van der Waals surface area contributed by atoms with Gasteiger partial charge in [0.05, 0.1) is 6.61 Å². The summed E-state index contributed by atoms with van der Waals surface area (Å²) in [6.07, 6.45) is 13.7. The number of halogens is 2. The van der Waals surface area contributed by atoms with Gasteiger partial charge in [-0.3, -0.25) is 0 Å². The molecule has 156 valence electrons. The maximum atomic E-state index is 12.3. The highest BCUT2D eigenvalue weighted by Crippen LogP contribution is 2.37. The van der Waals surface area contributed by atoms with Gasteiger partial charge in [-0.15, -0.1) is 0 Å². The van der Waals surface area contributed by atoms with Crippen molar-refractivity contribution < 1.29 is 18.3 Å². The first-order valence-corrected chi connectivity index (χ1v) is 11.4. The maximum Gasteiger partial charge on any atom is 0.266 e. The van der Waals surface area contributed by atoms with Gasteiger partial charge in [0.2, 0.25) is 0 Å². The predicted molar refractivity (Wildman–Crippen MR) is 105 cm³/mol. The quantitative estimate of drug-likeness (QED) is 0.442. The first-order valence-electron chi connectivity index (χ1n) is 11.4. The van der Waals surface area contributed by atoms with Crippen LogP contribution >= 0.6 is 0 Å². The average Bonchev–Trinajstić information content (AvgIpc) is 2.67. The molecule has 1 saturated heterocycles. The minimum absolute atomic E-state index is 0.00262. The van der Waals surface area contributed by atoms with Crippen LogP contribution in [0.3, 0.4) is 0 Å². The van der Waals surface area contributed by atoms with Crippen LogP contribution < -0.4 is 0 Å². The van der Waals surface area contributed by atoms with Gasteiger partial charge in [-0.05, 0) is 99.9 Å². The largest absolute Gasteiger partial charge is 0.353 e.